The van der Waals surface area contributed by atoms with E-state index in [4.69, 9.17) is 26.6 Å². The van der Waals surface area contributed by atoms with E-state index in [1.165, 1.54) is 0 Å². The van der Waals surface area contributed by atoms with E-state index >= 15 is 0 Å². The highest BCUT2D eigenvalue weighted by Gasteiger charge is 2.39. The van der Waals surface area contributed by atoms with E-state index < -0.39 is 17.6 Å². The fraction of sp³-hybridized carbons (Fsp3) is 1.00. The molecule has 30 heavy (non-hydrogen) atoms. The fourth-order valence-electron chi connectivity index (χ4n) is 4.18. The van der Waals surface area contributed by atoms with Crippen molar-refractivity contribution in [3.05, 3.63) is 0 Å². The van der Waals surface area contributed by atoms with Crippen molar-refractivity contribution in [3.8, 4) is 0 Å². The molecule has 0 radical (unpaired) electrons. The number of rotatable bonds is 16. The molecule has 1 fully saturated rings. The van der Waals surface area contributed by atoms with Crippen molar-refractivity contribution < 1.29 is 31.7 Å². The molecule has 1 saturated carbocycles. The van der Waals surface area contributed by atoms with Gasteiger partial charge in [-0.3, -0.25) is 5.32 Å². The van der Waals surface area contributed by atoms with Gasteiger partial charge in [0.25, 0.3) is 0 Å². The lowest BCUT2D eigenvalue weighted by Gasteiger charge is -2.36. The van der Waals surface area contributed by atoms with Gasteiger partial charge in [-0.15, -0.1) is 0 Å². The van der Waals surface area contributed by atoms with E-state index in [0.29, 0.717) is 5.92 Å². The van der Waals surface area contributed by atoms with Crippen molar-refractivity contribution in [2.75, 3.05) is 49.2 Å². The van der Waals surface area contributed by atoms with Gasteiger partial charge in [-0.05, 0) is 51.5 Å². The van der Waals surface area contributed by atoms with Crippen molar-refractivity contribution in [3.63, 3.8) is 0 Å². The van der Waals surface area contributed by atoms with Crippen molar-refractivity contribution in [2.24, 2.45) is 5.92 Å². The largest absolute Gasteiger partial charge is 0.500 e. The van der Waals surface area contributed by atoms with E-state index in [9.17, 15) is 5.11 Å². The summed E-state index contributed by atoms with van der Waals surface area (Å²) < 4.78 is 33.0. The van der Waals surface area contributed by atoms with E-state index in [1.54, 1.807) is 42.7 Å². The molecule has 4 unspecified atom stereocenters. The van der Waals surface area contributed by atoms with Crippen LogP contribution in [-0.4, -0.2) is 90.2 Å². The quantitative estimate of drug-likeness (QED) is 0.177. The first-order chi connectivity index (χ1) is 14.3. The summed E-state index contributed by atoms with van der Waals surface area (Å²) in [6.45, 7) is 2.90. The van der Waals surface area contributed by atoms with Crippen molar-refractivity contribution in [2.45, 2.75) is 69.4 Å². The zero-order chi connectivity index (χ0) is 22.6. The molecule has 0 aromatic rings. The summed E-state index contributed by atoms with van der Waals surface area (Å²) in [4.78, 5) is 0. The predicted octanol–water partition coefficient (Wildman–Crippen LogP) is 1.58. The van der Waals surface area contributed by atoms with Gasteiger partial charge in [0.1, 0.15) is 0 Å². The smallest absolute Gasteiger partial charge is 0.392 e. The molecule has 4 atom stereocenters. The Morgan fingerprint density at radius 3 is 1.93 bits per heavy atom. The number of nitrogens with one attached hydrogen (secondary N) is 2. The highest BCUT2D eigenvalue weighted by Crippen LogP contribution is 2.31. The van der Waals surface area contributed by atoms with Crippen LogP contribution in [0.3, 0.4) is 0 Å². The molecule has 0 aliphatic heterocycles. The molecule has 0 saturated heterocycles. The first-order valence-corrected chi connectivity index (χ1v) is 14.7. The second-order valence-electron chi connectivity index (χ2n) is 7.93. The van der Waals surface area contributed by atoms with E-state index in [2.05, 4.69) is 17.6 Å². The maximum atomic E-state index is 10.5. The molecule has 0 amide bonds. The van der Waals surface area contributed by atoms with Crippen LogP contribution in [0.1, 0.15) is 39.0 Å². The van der Waals surface area contributed by atoms with Gasteiger partial charge < -0.3 is 37.0 Å². The summed E-state index contributed by atoms with van der Waals surface area (Å²) in [5.74, 6) is 0.516. The first kappa shape index (κ1) is 28.1. The third-order valence-corrected chi connectivity index (χ3v) is 11.8. The second-order valence-corrected chi connectivity index (χ2v) is 14.1. The molecule has 0 bridgehead atoms. The lowest BCUT2D eigenvalue weighted by Crippen LogP contribution is -2.53. The number of aliphatic hydroxyl groups excluding tert-OH is 1. The Labute approximate surface area is 184 Å². The minimum absolute atomic E-state index is 0.0698. The minimum atomic E-state index is -2.54. The highest BCUT2D eigenvalue weighted by molar-refractivity contribution is 6.60. The topological polar surface area (TPSA) is 99.7 Å². The van der Waals surface area contributed by atoms with Crippen LogP contribution in [0.5, 0.6) is 0 Å². The molecular weight excluding hydrogens is 424 g/mol. The molecule has 3 N–H and O–H groups in total. The average Bonchev–Trinajstić information content (AvgIpc) is 2.78. The first-order valence-electron chi connectivity index (χ1n) is 10.8. The molecule has 0 aromatic heterocycles. The van der Waals surface area contributed by atoms with Crippen LogP contribution < -0.4 is 10.6 Å². The Bertz CT molecular complexity index is 440. The molecule has 0 aromatic carbocycles. The normalized spacial score (nSPS) is 24.2. The summed E-state index contributed by atoms with van der Waals surface area (Å²) >= 11 is 0. The number of hydrogen-bond acceptors (Lipinski definition) is 9. The average molecular weight is 469 g/mol. The summed E-state index contributed by atoms with van der Waals surface area (Å²) in [6, 6.07) is 1.62. The van der Waals surface area contributed by atoms with Crippen LogP contribution in [0.4, 0.5) is 0 Å². The molecule has 1 aliphatic carbocycles. The lowest BCUT2D eigenvalue weighted by molar-refractivity contribution is 0.0597. The molecule has 1 aliphatic rings. The van der Waals surface area contributed by atoms with Gasteiger partial charge >= 0.3 is 17.6 Å². The second kappa shape index (κ2) is 14.3. The maximum Gasteiger partial charge on any atom is 0.500 e. The van der Waals surface area contributed by atoms with Crippen LogP contribution in [0.25, 0.3) is 0 Å². The molecule has 9 nitrogen and oxygen atoms in total. The Hall–Kier alpha value is 0.0738. The van der Waals surface area contributed by atoms with Crippen molar-refractivity contribution >= 4 is 17.6 Å². The Balaban J connectivity index is 2.42. The van der Waals surface area contributed by atoms with Gasteiger partial charge in [0.15, 0.2) is 0 Å². The summed E-state index contributed by atoms with van der Waals surface area (Å²) in [6.07, 6.45) is 4.39. The zero-order valence-electron chi connectivity index (χ0n) is 19.9. The lowest BCUT2D eigenvalue weighted by atomic mass is 9.82. The highest BCUT2D eigenvalue weighted by atomic mass is 28.4. The number of aliphatic hydroxyl groups is 1. The molecule has 1 rings (SSSR count). The van der Waals surface area contributed by atoms with Gasteiger partial charge in [0.05, 0.1) is 12.3 Å². The van der Waals surface area contributed by atoms with Gasteiger partial charge in [-0.1, -0.05) is 0 Å². The Morgan fingerprint density at radius 1 is 0.867 bits per heavy atom. The minimum Gasteiger partial charge on any atom is -0.392 e. The summed E-state index contributed by atoms with van der Waals surface area (Å²) in [5.41, 5.74) is 0. The predicted molar refractivity (Wildman–Crippen MR) is 120 cm³/mol. The van der Waals surface area contributed by atoms with E-state index in [-0.39, 0.29) is 18.3 Å². The Kier molecular flexibility index (Phi) is 13.4. The van der Waals surface area contributed by atoms with Crippen LogP contribution in [-0.2, 0) is 26.6 Å². The third kappa shape index (κ3) is 8.54. The molecule has 0 heterocycles. The van der Waals surface area contributed by atoms with Crippen molar-refractivity contribution in [1.29, 1.82) is 0 Å². The molecule has 180 valence electrons. The van der Waals surface area contributed by atoms with E-state index in [1.807, 2.05) is 0 Å². The molecular formula is C19H44N2O7Si2. The zero-order valence-corrected chi connectivity index (χ0v) is 21.9. The summed E-state index contributed by atoms with van der Waals surface area (Å²) in [7, 11) is 4.81. The van der Waals surface area contributed by atoms with Crippen molar-refractivity contribution in [1.82, 2.24) is 10.6 Å². The van der Waals surface area contributed by atoms with Gasteiger partial charge in [0, 0.05) is 60.8 Å². The monoisotopic (exact) mass is 468 g/mol. The summed E-state index contributed by atoms with van der Waals surface area (Å²) in [5, 5.41) is 17.5. The van der Waals surface area contributed by atoms with Crippen LogP contribution in [0.15, 0.2) is 0 Å². The third-order valence-electron chi connectivity index (χ3n) is 6.22. The van der Waals surface area contributed by atoms with Gasteiger partial charge in [0.2, 0.25) is 0 Å². The molecule has 11 heteroatoms. The number of hydrogen-bond donors (Lipinski definition) is 3. The van der Waals surface area contributed by atoms with Crippen LogP contribution in [0, 0.1) is 5.92 Å². The SMILES string of the molecule is CO[Si](CCCNC(C)NC1CC(CC[Si](OC)(OC)OC)CCC1O)(OC)OC. The molecule has 0 spiro atoms. The standard InChI is InChI=1S/C19H44N2O7Si2/c1-16(20-12-8-13-29(23-2,24-3)25-4)21-18-15-17(9-10-19(18)22)11-14-30(26-5,27-6)28-7/h16-22H,8-15H2,1-7H3. The van der Waals surface area contributed by atoms with Gasteiger partial charge in [-0.2, -0.15) is 0 Å². The van der Waals surface area contributed by atoms with Crippen LogP contribution >= 0.6 is 0 Å². The van der Waals surface area contributed by atoms with E-state index in [0.717, 1.165) is 50.7 Å². The van der Waals surface area contributed by atoms with Crippen LogP contribution in [0.2, 0.25) is 12.1 Å². The fourth-order valence-corrected chi connectivity index (χ4v) is 7.78. The van der Waals surface area contributed by atoms with Gasteiger partial charge in [-0.25, -0.2) is 0 Å². The maximum absolute atomic E-state index is 10.5. The Morgan fingerprint density at radius 2 is 1.40 bits per heavy atom.